The van der Waals surface area contributed by atoms with E-state index in [1.807, 2.05) is 0 Å². The standard InChI is InChI=1S/C16H23FN4O4S.C2HF3O2/c1-19-16(22)13-4-6-21(7-5-13)26(23,24)14-2-3-15(20-10-14)25-11-12(8-17)9-18;3-2(4,5)1(6)7/h2-3,8,10,13H,4-7,9,11,18H2,1H3,(H,19,22);(H,6,7)/b12-8+;. The Bertz CT molecular complexity index is 930. The molecule has 0 saturated carbocycles. The van der Waals surface area contributed by atoms with E-state index in [9.17, 15) is 30.8 Å². The molecule has 1 aliphatic heterocycles. The Labute approximate surface area is 187 Å². The van der Waals surface area contributed by atoms with Crippen molar-refractivity contribution in [2.75, 3.05) is 33.3 Å². The summed E-state index contributed by atoms with van der Waals surface area (Å²) in [6.07, 6.45) is -2.55. The van der Waals surface area contributed by atoms with Gasteiger partial charge in [-0.1, -0.05) is 0 Å². The molecular weight excluding hydrogens is 476 g/mol. The fraction of sp³-hybridized carbons (Fsp3) is 0.500. The smallest absolute Gasteiger partial charge is 0.475 e. The van der Waals surface area contributed by atoms with E-state index in [1.54, 1.807) is 7.05 Å². The molecular formula is C18H24F4N4O6S. The molecule has 0 spiro atoms. The summed E-state index contributed by atoms with van der Waals surface area (Å²) in [7, 11) is -2.11. The van der Waals surface area contributed by atoms with Gasteiger partial charge < -0.3 is 20.9 Å². The van der Waals surface area contributed by atoms with Crippen LogP contribution in [-0.4, -0.2) is 74.2 Å². The van der Waals surface area contributed by atoms with Gasteiger partial charge in [-0.15, -0.1) is 0 Å². The number of amides is 1. The molecule has 0 radical (unpaired) electrons. The van der Waals surface area contributed by atoms with Crippen LogP contribution < -0.4 is 15.8 Å². The topological polar surface area (TPSA) is 152 Å². The summed E-state index contributed by atoms with van der Waals surface area (Å²) in [6.45, 7) is 0.522. The molecule has 1 amide bonds. The fourth-order valence-corrected chi connectivity index (χ4v) is 4.03. The number of hydrogen-bond acceptors (Lipinski definition) is 7. The summed E-state index contributed by atoms with van der Waals surface area (Å²) in [4.78, 5) is 24.5. The monoisotopic (exact) mass is 500 g/mol. The molecule has 1 aromatic heterocycles. The van der Waals surface area contributed by atoms with Crippen molar-refractivity contribution in [3.05, 3.63) is 30.2 Å². The van der Waals surface area contributed by atoms with Gasteiger partial charge in [0, 0.05) is 44.2 Å². The number of ether oxygens (including phenoxy) is 1. The minimum absolute atomic E-state index is 0.0228. The van der Waals surface area contributed by atoms with Crippen molar-refractivity contribution in [1.29, 1.82) is 0 Å². The SMILES string of the molecule is CNC(=O)C1CCN(S(=O)(=O)c2ccc(OC/C(=C/F)CN)nc2)CC1.O=C(O)C(F)(F)F. The van der Waals surface area contributed by atoms with Crippen LogP contribution in [0.3, 0.4) is 0 Å². The molecule has 0 aromatic carbocycles. The fourth-order valence-electron chi connectivity index (χ4n) is 2.62. The van der Waals surface area contributed by atoms with E-state index in [0.717, 1.165) is 0 Å². The third-order valence-electron chi connectivity index (χ3n) is 4.48. The summed E-state index contributed by atoms with van der Waals surface area (Å²) in [5, 5.41) is 9.71. The number of aliphatic carboxylic acids is 1. The summed E-state index contributed by atoms with van der Waals surface area (Å²) in [6, 6.07) is 2.81. The van der Waals surface area contributed by atoms with Crippen molar-refractivity contribution in [2.45, 2.75) is 23.9 Å². The van der Waals surface area contributed by atoms with Crippen LogP contribution in [0.1, 0.15) is 12.8 Å². The van der Waals surface area contributed by atoms with Crippen LogP contribution in [0.2, 0.25) is 0 Å². The number of piperidine rings is 1. The zero-order valence-electron chi connectivity index (χ0n) is 17.5. The zero-order valence-corrected chi connectivity index (χ0v) is 18.3. The van der Waals surface area contributed by atoms with Gasteiger partial charge in [-0.2, -0.15) is 17.5 Å². The number of rotatable bonds is 7. The lowest BCUT2D eigenvalue weighted by Gasteiger charge is -2.30. The van der Waals surface area contributed by atoms with Crippen molar-refractivity contribution in [3.8, 4) is 5.88 Å². The van der Waals surface area contributed by atoms with E-state index in [1.165, 1.54) is 22.6 Å². The van der Waals surface area contributed by atoms with Gasteiger partial charge in [-0.25, -0.2) is 22.6 Å². The van der Waals surface area contributed by atoms with Gasteiger partial charge in [-0.3, -0.25) is 4.79 Å². The van der Waals surface area contributed by atoms with Gasteiger partial charge in [0.2, 0.25) is 21.8 Å². The molecule has 0 atom stereocenters. The summed E-state index contributed by atoms with van der Waals surface area (Å²) in [5.74, 6) is -2.81. The summed E-state index contributed by atoms with van der Waals surface area (Å²) < 4.78 is 76.1. The van der Waals surface area contributed by atoms with E-state index in [-0.39, 0.29) is 54.4 Å². The maximum atomic E-state index is 12.7. The lowest BCUT2D eigenvalue weighted by Crippen LogP contribution is -2.42. The van der Waals surface area contributed by atoms with Gasteiger partial charge in [0.05, 0.1) is 12.5 Å². The number of pyridine rings is 1. The third-order valence-corrected chi connectivity index (χ3v) is 6.36. The number of nitrogens with two attached hydrogens (primary N) is 1. The first-order valence-corrected chi connectivity index (χ1v) is 10.9. The Kier molecular flexibility index (Phi) is 10.7. The van der Waals surface area contributed by atoms with Gasteiger partial charge in [0.15, 0.2) is 0 Å². The first kappa shape index (κ1) is 28.3. The summed E-state index contributed by atoms with van der Waals surface area (Å²) >= 11 is 0. The highest BCUT2D eigenvalue weighted by Crippen LogP contribution is 2.24. The Morgan fingerprint density at radius 3 is 2.30 bits per heavy atom. The number of halogens is 4. The van der Waals surface area contributed by atoms with Crippen molar-refractivity contribution in [2.24, 2.45) is 11.7 Å². The second kappa shape index (κ2) is 12.5. The number of alkyl halides is 3. The van der Waals surface area contributed by atoms with Crippen molar-refractivity contribution >= 4 is 21.9 Å². The molecule has 186 valence electrons. The zero-order chi connectivity index (χ0) is 25.2. The predicted octanol–water partition coefficient (Wildman–Crippen LogP) is 1.05. The minimum Gasteiger partial charge on any atom is -0.475 e. The van der Waals surface area contributed by atoms with Crippen LogP contribution in [0, 0.1) is 5.92 Å². The highest BCUT2D eigenvalue weighted by molar-refractivity contribution is 7.89. The lowest BCUT2D eigenvalue weighted by atomic mass is 9.97. The first-order chi connectivity index (χ1) is 15.4. The number of aromatic nitrogens is 1. The maximum absolute atomic E-state index is 12.7. The van der Waals surface area contributed by atoms with Crippen molar-refractivity contribution < 1.29 is 45.4 Å². The number of carbonyl (C=O) groups is 2. The Morgan fingerprint density at radius 1 is 1.33 bits per heavy atom. The largest absolute Gasteiger partial charge is 0.490 e. The van der Waals surface area contributed by atoms with Crippen molar-refractivity contribution in [1.82, 2.24) is 14.6 Å². The van der Waals surface area contributed by atoms with Gasteiger partial charge in [0.25, 0.3) is 0 Å². The molecule has 1 fully saturated rings. The number of carboxylic acid groups (broad SMARTS) is 1. The molecule has 0 bridgehead atoms. The molecule has 2 heterocycles. The highest BCUT2D eigenvalue weighted by atomic mass is 32.2. The molecule has 0 unspecified atom stereocenters. The van der Waals surface area contributed by atoms with Gasteiger partial charge in [0.1, 0.15) is 11.5 Å². The molecule has 1 saturated heterocycles. The third kappa shape index (κ3) is 8.58. The Hall–Kier alpha value is -2.78. The molecule has 33 heavy (non-hydrogen) atoms. The second-order valence-electron chi connectivity index (χ2n) is 6.69. The first-order valence-electron chi connectivity index (χ1n) is 9.45. The predicted molar refractivity (Wildman–Crippen MR) is 107 cm³/mol. The molecule has 15 heteroatoms. The maximum Gasteiger partial charge on any atom is 0.490 e. The quantitative estimate of drug-likeness (QED) is 0.470. The highest BCUT2D eigenvalue weighted by Gasteiger charge is 2.38. The van der Waals surface area contributed by atoms with Crippen LogP contribution in [0.4, 0.5) is 17.6 Å². The average molecular weight is 500 g/mol. The van der Waals surface area contributed by atoms with Gasteiger partial charge in [-0.05, 0) is 18.9 Å². The minimum atomic E-state index is -5.08. The molecule has 10 nitrogen and oxygen atoms in total. The van der Waals surface area contributed by atoms with Crippen LogP contribution in [0.15, 0.2) is 35.1 Å². The van der Waals surface area contributed by atoms with Crippen LogP contribution in [0.25, 0.3) is 0 Å². The number of carboxylic acids is 1. The Morgan fingerprint density at radius 2 is 1.91 bits per heavy atom. The van der Waals surface area contributed by atoms with E-state index in [2.05, 4.69) is 10.3 Å². The van der Waals surface area contributed by atoms with E-state index < -0.39 is 22.2 Å². The number of nitrogens with one attached hydrogen (secondary N) is 1. The summed E-state index contributed by atoms with van der Waals surface area (Å²) in [5.41, 5.74) is 5.60. The number of sulfonamides is 1. The van der Waals surface area contributed by atoms with Crippen molar-refractivity contribution in [3.63, 3.8) is 0 Å². The average Bonchev–Trinajstić information content (AvgIpc) is 2.79. The Balaban J connectivity index is 0.000000675. The molecule has 4 N–H and O–H groups in total. The number of hydrogen-bond donors (Lipinski definition) is 3. The van der Waals surface area contributed by atoms with Crippen LogP contribution in [0.5, 0.6) is 5.88 Å². The van der Waals surface area contributed by atoms with Crippen LogP contribution in [-0.2, 0) is 19.6 Å². The normalized spacial score (nSPS) is 15.9. The molecule has 0 aliphatic carbocycles. The van der Waals surface area contributed by atoms with Crippen LogP contribution >= 0.6 is 0 Å². The van der Waals surface area contributed by atoms with E-state index in [0.29, 0.717) is 19.2 Å². The lowest BCUT2D eigenvalue weighted by molar-refractivity contribution is -0.192. The van der Waals surface area contributed by atoms with Gasteiger partial charge >= 0.3 is 12.1 Å². The number of carbonyl (C=O) groups excluding carboxylic acids is 1. The van der Waals surface area contributed by atoms with E-state index >= 15 is 0 Å². The number of nitrogens with zero attached hydrogens (tertiary/aromatic N) is 2. The molecule has 2 rings (SSSR count). The second-order valence-corrected chi connectivity index (χ2v) is 8.63. The molecule has 1 aromatic rings. The van der Waals surface area contributed by atoms with E-state index in [4.69, 9.17) is 20.4 Å². The molecule has 1 aliphatic rings.